The van der Waals surface area contributed by atoms with Crippen LogP contribution in [0.25, 0.3) is 0 Å². The third-order valence-electron chi connectivity index (χ3n) is 1.95. The van der Waals surface area contributed by atoms with Crippen LogP contribution in [0.5, 0.6) is 0 Å². The molecule has 0 bridgehead atoms. The first-order valence-corrected chi connectivity index (χ1v) is 6.31. The number of thiol groups is 1. The van der Waals surface area contributed by atoms with E-state index in [1.165, 1.54) is 16.0 Å². The Labute approximate surface area is 96.2 Å². The Morgan fingerprint density at radius 2 is 2.07 bits per heavy atom. The van der Waals surface area contributed by atoms with Crippen molar-refractivity contribution < 1.29 is 0 Å². The average molecular weight is 224 g/mol. The number of hydrogen-bond donors (Lipinski definition) is 1. The van der Waals surface area contributed by atoms with Gasteiger partial charge in [0.05, 0.1) is 0 Å². The summed E-state index contributed by atoms with van der Waals surface area (Å²) in [5.74, 6) is 1.86. The van der Waals surface area contributed by atoms with Gasteiger partial charge in [-0.1, -0.05) is 29.8 Å². The van der Waals surface area contributed by atoms with Gasteiger partial charge in [-0.2, -0.15) is 12.6 Å². The van der Waals surface area contributed by atoms with Gasteiger partial charge in [0.15, 0.2) is 0 Å². The molecule has 0 fully saturated rings. The summed E-state index contributed by atoms with van der Waals surface area (Å²) in [4.78, 5) is 1.38. The van der Waals surface area contributed by atoms with Gasteiger partial charge in [0.1, 0.15) is 0 Å². The predicted molar refractivity (Wildman–Crippen MR) is 69.6 cm³/mol. The first kappa shape index (κ1) is 11.7. The summed E-state index contributed by atoms with van der Waals surface area (Å²) in [5, 5.41) is 0. The number of benzene rings is 1. The molecule has 1 aromatic rings. The molecule has 0 spiro atoms. The summed E-state index contributed by atoms with van der Waals surface area (Å²) < 4.78 is 0. The molecule has 1 rings (SSSR count). The van der Waals surface area contributed by atoms with Gasteiger partial charge in [0.2, 0.25) is 0 Å². The Bertz CT molecular complexity index is 316. The number of aryl methyl sites for hydroxylation is 2. The number of thioether (sulfide) groups is 1. The summed E-state index contributed by atoms with van der Waals surface area (Å²) >= 11 is 6.00. The normalized spacial score (nSPS) is 11.1. The Morgan fingerprint density at radius 3 is 2.79 bits per heavy atom. The molecule has 0 saturated heterocycles. The van der Waals surface area contributed by atoms with Crippen LogP contribution in [0.3, 0.4) is 0 Å². The standard InChI is InChI=1S/C12H16S2/c1-10-5-6-11(2)12(9-10)14-8-4-3-7-13/h3-6,9,13H,7-8H2,1-2H3. The first-order valence-electron chi connectivity index (χ1n) is 4.70. The highest BCUT2D eigenvalue weighted by Crippen LogP contribution is 2.23. The van der Waals surface area contributed by atoms with Crippen molar-refractivity contribution in [1.82, 2.24) is 0 Å². The van der Waals surface area contributed by atoms with Crippen molar-refractivity contribution in [2.45, 2.75) is 18.7 Å². The molecule has 0 N–H and O–H groups in total. The Hall–Kier alpha value is -0.340. The average Bonchev–Trinajstić information content (AvgIpc) is 2.18. The quantitative estimate of drug-likeness (QED) is 0.460. The van der Waals surface area contributed by atoms with Crippen molar-refractivity contribution >= 4 is 24.4 Å². The highest BCUT2D eigenvalue weighted by Gasteiger charge is 1.97. The molecule has 0 aromatic heterocycles. The molecule has 0 nitrogen and oxygen atoms in total. The lowest BCUT2D eigenvalue weighted by molar-refractivity contribution is 1.26. The zero-order chi connectivity index (χ0) is 10.4. The van der Waals surface area contributed by atoms with E-state index in [1.807, 2.05) is 11.8 Å². The van der Waals surface area contributed by atoms with Gasteiger partial charge in [-0.3, -0.25) is 0 Å². The SMILES string of the molecule is Cc1ccc(C)c(SCC=CCS)c1. The molecule has 2 heteroatoms. The van der Waals surface area contributed by atoms with E-state index in [2.05, 4.69) is 56.8 Å². The van der Waals surface area contributed by atoms with E-state index in [0.29, 0.717) is 0 Å². The molecule has 76 valence electrons. The molecule has 0 amide bonds. The van der Waals surface area contributed by atoms with Crippen LogP contribution in [0.15, 0.2) is 35.2 Å². The maximum Gasteiger partial charge on any atom is 0.0161 e. The molecular weight excluding hydrogens is 208 g/mol. The molecular formula is C12H16S2. The monoisotopic (exact) mass is 224 g/mol. The second kappa shape index (κ2) is 6.20. The molecule has 0 radical (unpaired) electrons. The zero-order valence-corrected chi connectivity index (χ0v) is 10.4. The van der Waals surface area contributed by atoms with Crippen LogP contribution in [0.4, 0.5) is 0 Å². The molecule has 1 aromatic carbocycles. The van der Waals surface area contributed by atoms with Crippen LogP contribution in [0, 0.1) is 13.8 Å². The van der Waals surface area contributed by atoms with Crippen LogP contribution < -0.4 is 0 Å². The Kier molecular flexibility index (Phi) is 5.20. The lowest BCUT2D eigenvalue weighted by atomic mass is 10.2. The smallest absolute Gasteiger partial charge is 0.0161 e. The summed E-state index contributed by atoms with van der Waals surface area (Å²) in [7, 11) is 0. The van der Waals surface area contributed by atoms with Gasteiger partial charge >= 0.3 is 0 Å². The van der Waals surface area contributed by atoms with E-state index in [9.17, 15) is 0 Å². The van der Waals surface area contributed by atoms with Crippen LogP contribution in [0.2, 0.25) is 0 Å². The predicted octanol–water partition coefficient (Wildman–Crippen LogP) is 3.88. The molecule has 0 aliphatic rings. The maximum atomic E-state index is 4.12. The van der Waals surface area contributed by atoms with Crippen molar-refractivity contribution in [3.8, 4) is 0 Å². The fourth-order valence-corrected chi connectivity index (χ4v) is 2.27. The van der Waals surface area contributed by atoms with Crippen molar-refractivity contribution in [2.75, 3.05) is 11.5 Å². The molecule has 0 heterocycles. The fourth-order valence-electron chi connectivity index (χ4n) is 1.14. The Morgan fingerprint density at radius 1 is 1.29 bits per heavy atom. The van der Waals surface area contributed by atoms with Gasteiger partial charge in [-0.25, -0.2) is 0 Å². The van der Waals surface area contributed by atoms with E-state index < -0.39 is 0 Å². The van der Waals surface area contributed by atoms with Crippen molar-refractivity contribution in [3.05, 3.63) is 41.5 Å². The largest absolute Gasteiger partial charge is 0.175 e. The second-order valence-electron chi connectivity index (χ2n) is 3.23. The van der Waals surface area contributed by atoms with Gasteiger partial charge in [0.25, 0.3) is 0 Å². The van der Waals surface area contributed by atoms with Crippen LogP contribution in [-0.4, -0.2) is 11.5 Å². The van der Waals surface area contributed by atoms with Crippen molar-refractivity contribution in [2.24, 2.45) is 0 Å². The summed E-state index contributed by atoms with van der Waals surface area (Å²) in [6.45, 7) is 4.29. The van der Waals surface area contributed by atoms with Gasteiger partial charge in [-0.15, -0.1) is 11.8 Å². The summed E-state index contributed by atoms with van der Waals surface area (Å²) in [6, 6.07) is 6.58. The number of hydrogen-bond acceptors (Lipinski definition) is 2. The number of rotatable bonds is 4. The minimum atomic E-state index is 0.827. The van der Waals surface area contributed by atoms with E-state index in [1.54, 1.807) is 0 Å². The minimum absolute atomic E-state index is 0.827. The van der Waals surface area contributed by atoms with Crippen LogP contribution >= 0.6 is 24.4 Å². The van der Waals surface area contributed by atoms with E-state index in [0.717, 1.165) is 11.5 Å². The Balaban J connectivity index is 2.57. The van der Waals surface area contributed by atoms with Crippen molar-refractivity contribution in [1.29, 1.82) is 0 Å². The van der Waals surface area contributed by atoms with Gasteiger partial charge < -0.3 is 0 Å². The highest BCUT2D eigenvalue weighted by atomic mass is 32.2. The molecule has 0 saturated carbocycles. The third-order valence-corrected chi connectivity index (χ3v) is 3.27. The van der Waals surface area contributed by atoms with E-state index in [-0.39, 0.29) is 0 Å². The lowest BCUT2D eigenvalue weighted by Crippen LogP contribution is -1.82. The van der Waals surface area contributed by atoms with Crippen molar-refractivity contribution in [3.63, 3.8) is 0 Å². The van der Waals surface area contributed by atoms with Gasteiger partial charge in [-0.05, 0) is 25.5 Å². The molecule has 0 aliphatic heterocycles. The zero-order valence-electron chi connectivity index (χ0n) is 8.66. The third kappa shape index (κ3) is 3.81. The van der Waals surface area contributed by atoms with Crippen LogP contribution in [0.1, 0.15) is 11.1 Å². The fraction of sp³-hybridized carbons (Fsp3) is 0.333. The first-order chi connectivity index (χ1) is 6.74. The van der Waals surface area contributed by atoms with E-state index >= 15 is 0 Å². The minimum Gasteiger partial charge on any atom is -0.175 e. The molecule has 0 aliphatic carbocycles. The summed E-state index contributed by atoms with van der Waals surface area (Å²) in [6.07, 6.45) is 4.25. The second-order valence-corrected chi connectivity index (χ2v) is 4.66. The van der Waals surface area contributed by atoms with E-state index in [4.69, 9.17) is 0 Å². The lowest BCUT2D eigenvalue weighted by Gasteiger charge is -2.04. The summed E-state index contributed by atoms with van der Waals surface area (Å²) in [5.41, 5.74) is 2.69. The van der Waals surface area contributed by atoms with Crippen LogP contribution in [-0.2, 0) is 0 Å². The van der Waals surface area contributed by atoms with Gasteiger partial charge in [0, 0.05) is 16.4 Å². The highest BCUT2D eigenvalue weighted by molar-refractivity contribution is 7.99. The molecule has 0 atom stereocenters. The molecule has 14 heavy (non-hydrogen) atoms. The maximum absolute atomic E-state index is 4.12. The topological polar surface area (TPSA) is 0 Å². The molecule has 0 unspecified atom stereocenters.